The van der Waals surface area contributed by atoms with E-state index in [1.807, 2.05) is 29.6 Å². The van der Waals surface area contributed by atoms with Crippen LogP contribution in [0.3, 0.4) is 0 Å². The Morgan fingerprint density at radius 3 is 2.89 bits per heavy atom. The van der Waals surface area contributed by atoms with E-state index in [9.17, 15) is 4.79 Å². The number of nitrogens with zero attached hydrogens (tertiary/aromatic N) is 2. The second-order valence-corrected chi connectivity index (χ2v) is 5.05. The standard InChI is InChI=1S/C14H11N3OS/c15-14-17-10(8-19-14)7-12(18)11-5-1-3-9-4-2-6-16-13(9)11/h1-6,8H,7H2,(H2,15,17). The number of aromatic nitrogens is 2. The van der Waals surface area contributed by atoms with Gasteiger partial charge in [0.05, 0.1) is 17.6 Å². The quantitative estimate of drug-likeness (QED) is 0.742. The largest absolute Gasteiger partial charge is 0.375 e. The Morgan fingerprint density at radius 2 is 2.11 bits per heavy atom. The summed E-state index contributed by atoms with van der Waals surface area (Å²) in [6.45, 7) is 0. The van der Waals surface area contributed by atoms with Crippen LogP contribution in [0.25, 0.3) is 10.9 Å². The number of fused-ring (bicyclic) bond motifs is 1. The molecule has 0 radical (unpaired) electrons. The lowest BCUT2D eigenvalue weighted by Gasteiger charge is -2.03. The summed E-state index contributed by atoms with van der Waals surface area (Å²) in [5.41, 5.74) is 7.64. The maximum absolute atomic E-state index is 12.3. The van der Waals surface area contributed by atoms with Crippen LogP contribution in [0.15, 0.2) is 41.9 Å². The fourth-order valence-corrected chi connectivity index (χ4v) is 2.56. The molecule has 0 atom stereocenters. The molecule has 3 aromatic rings. The molecule has 0 saturated carbocycles. The fourth-order valence-electron chi connectivity index (χ4n) is 1.99. The number of hydrogen-bond donors (Lipinski definition) is 1. The molecule has 2 aromatic heterocycles. The molecule has 0 aliphatic rings. The number of carbonyl (C=O) groups is 1. The average Bonchev–Trinajstić information content (AvgIpc) is 2.83. The molecular weight excluding hydrogens is 258 g/mol. The summed E-state index contributed by atoms with van der Waals surface area (Å²) in [6.07, 6.45) is 1.95. The zero-order chi connectivity index (χ0) is 13.2. The molecule has 0 spiro atoms. The Balaban J connectivity index is 1.97. The maximum Gasteiger partial charge on any atom is 0.180 e. The number of anilines is 1. The van der Waals surface area contributed by atoms with Crippen LogP contribution in [-0.4, -0.2) is 15.8 Å². The number of nitrogen functional groups attached to an aromatic ring is 1. The first-order chi connectivity index (χ1) is 9.24. The lowest BCUT2D eigenvalue weighted by molar-refractivity contribution is 0.0993. The zero-order valence-corrected chi connectivity index (χ0v) is 10.9. The van der Waals surface area contributed by atoms with E-state index >= 15 is 0 Å². The number of thiazole rings is 1. The minimum absolute atomic E-state index is 0.00889. The van der Waals surface area contributed by atoms with Crippen molar-refractivity contribution in [2.75, 3.05) is 5.73 Å². The summed E-state index contributed by atoms with van der Waals surface area (Å²) in [6, 6.07) is 9.41. The van der Waals surface area contributed by atoms with E-state index in [-0.39, 0.29) is 12.2 Å². The normalized spacial score (nSPS) is 10.7. The van der Waals surface area contributed by atoms with E-state index in [2.05, 4.69) is 9.97 Å². The van der Waals surface area contributed by atoms with Crippen LogP contribution >= 0.6 is 11.3 Å². The van der Waals surface area contributed by atoms with Crippen LogP contribution in [0.1, 0.15) is 16.1 Å². The Kier molecular flexibility index (Phi) is 2.97. The minimum atomic E-state index is 0.00889. The van der Waals surface area contributed by atoms with Gasteiger partial charge in [-0.05, 0) is 12.1 Å². The monoisotopic (exact) mass is 269 g/mol. The summed E-state index contributed by atoms with van der Waals surface area (Å²) in [5.74, 6) is 0.00889. The van der Waals surface area contributed by atoms with E-state index in [0.717, 1.165) is 10.9 Å². The van der Waals surface area contributed by atoms with Gasteiger partial charge in [-0.3, -0.25) is 9.78 Å². The smallest absolute Gasteiger partial charge is 0.180 e. The number of hydrogen-bond acceptors (Lipinski definition) is 5. The summed E-state index contributed by atoms with van der Waals surface area (Å²) >= 11 is 1.34. The van der Waals surface area contributed by atoms with Crippen molar-refractivity contribution in [2.45, 2.75) is 6.42 Å². The topological polar surface area (TPSA) is 68.9 Å². The third kappa shape index (κ3) is 2.32. The highest BCUT2D eigenvalue weighted by Gasteiger charge is 2.13. The van der Waals surface area contributed by atoms with Gasteiger partial charge in [0.25, 0.3) is 0 Å². The van der Waals surface area contributed by atoms with Crippen LogP contribution in [0, 0.1) is 0 Å². The number of carbonyl (C=O) groups excluding carboxylic acids is 1. The lowest BCUT2D eigenvalue weighted by Crippen LogP contribution is -2.05. The highest BCUT2D eigenvalue weighted by molar-refractivity contribution is 7.13. The van der Waals surface area contributed by atoms with Crippen molar-refractivity contribution in [2.24, 2.45) is 0 Å². The number of para-hydroxylation sites is 1. The number of nitrogens with two attached hydrogens (primary N) is 1. The molecule has 19 heavy (non-hydrogen) atoms. The SMILES string of the molecule is Nc1nc(CC(=O)c2cccc3cccnc23)cs1. The van der Waals surface area contributed by atoms with Crippen molar-refractivity contribution < 1.29 is 4.79 Å². The van der Waals surface area contributed by atoms with E-state index in [1.54, 1.807) is 12.3 Å². The van der Waals surface area contributed by atoms with E-state index in [4.69, 9.17) is 5.73 Å². The van der Waals surface area contributed by atoms with Gasteiger partial charge in [0, 0.05) is 22.5 Å². The van der Waals surface area contributed by atoms with Crippen molar-refractivity contribution in [3.8, 4) is 0 Å². The molecule has 0 unspecified atom stereocenters. The van der Waals surface area contributed by atoms with Crippen LogP contribution in [0.5, 0.6) is 0 Å². The number of ketones is 1. The molecular formula is C14H11N3OS. The number of pyridine rings is 1. The van der Waals surface area contributed by atoms with Crippen LogP contribution in [-0.2, 0) is 6.42 Å². The van der Waals surface area contributed by atoms with Gasteiger partial charge in [0.2, 0.25) is 0 Å². The van der Waals surface area contributed by atoms with Gasteiger partial charge in [0.15, 0.2) is 10.9 Å². The molecule has 1 aromatic carbocycles. The Morgan fingerprint density at radius 1 is 1.26 bits per heavy atom. The van der Waals surface area contributed by atoms with Crippen molar-refractivity contribution in [1.82, 2.24) is 9.97 Å². The molecule has 94 valence electrons. The number of benzene rings is 1. The first-order valence-electron chi connectivity index (χ1n) is 5.81. The Hall–Kier alpha value is -2.27. The fraction of sp³-hybridized carbons (Fsp3) is 0.0714. The van der Waals surface area contributed by atoms with Crippen LogP contribution in [0.2, 0.25) is 0 Å². The molecule has 0 fully saturated rings. The van der Waals surface area contributed by atoms with Gasteiger partial charge >= 0.3 is 0 Å². The number of rotatable bonds is 3. The maximum atomic E-state index is 12.3. The predicted octanol–water partition coefficient (Wildman–Crippen LogP) is 2.70. The second kappa shape index (κ2) is 4.78. The van der Waals surface area contributed by atoms with Crippen molar-refractivity contribution in [3.63, 3.8) is 0 Å². The first kappa shape index (κ1) is 11.8. The van der Waals surface area contributed by atoms with Gasteiger partial charge < -0.3 is 5.73 Å². The third-order valence-corrected chi connectivity index (χ3v) is 3.57. The summed E-state index contributed by atoms with van der Waals surface area (Å²) in [4.78, 5) is 20.7. The van der Waals surface area contributed by atoms with Crippen LogP contribution < -0.4 is 5.73 Å². The van der Waals surface area contributed by atoms with Crippen molar-refractivity contribution in [3.05, 3.63) is 53.2 Å². The van der Waals surface area contributed by atoms with Gasteiger partial charge in [-0.1, -0.05) is 18.2 Å². The van der Waals surface area contributed by atoms with Crippen LogP contribution in [0.4, 0.5) is 5.13 Å². The molecule has 0 aliphatic carbocycles. The molecule has 4 nitrogen and oxygen atoms in total. The van der Waals surface area contributed by atoms with E-state index in [1.165, 1.54) is 11.3 Å². The van der Waals surface area contributed by atoms with E-state index in [0.29, 0.717) is 16.4 Å². The van der Waals surface area contributed by atoms with Gasteiger partial charge in [-0.2, -0.15) is 0 Å². The molecule has 0 aliphatic heterocycles. The Bertz CT molecular complexity index is 746. The van der Waals surface area contributed by atoms with Gasteiger partial charge in [0.1, 0.15) is 0 Å². The summed E-state index contributed by atoms with van der Waals surface area (Å²) in [5, 5.41) is 3.26. The minimum Gasteiger partial charge on any atom is -0.375 e. The molecule has 2 heterocycles. The average molecular weight is 269 g/mol. The van der Waals surface area contributed by atoms with Crippen molar-refractivity contribution in [1.29, 1.82) is 0 Å². The van der Waals surface area contributed by atoms with E-state index < -0.39 is 0 Å². The highest BCUT2D eigenvalue weighted by atomic mass is 32.1. The zero-order valence-electron chi connectivity index (χ0n) is 10.0. The molecule has 0 amide bonds. The lowest BCUT2D eigenvalue weighted by atomic mass is 10.0. The molecule has 0 bridgehead atoms. The number of Topliss-reactive ketones (excluding diaryl/α,β-unsaturated/α-hetero) is 1. The molecule has 3 rings (SSSR count). The summed E-state index contributed by atoms with van der Waals surface area (Å²) < 4.78 is 0. The third-order valence-electron chi connectivity index (χ3n) is 2.84. The highest BCUT2D eigenvalue weighted by Crippen LogP contribution is 2.19. The second-order valence-electron chi connectivity index (χ2n) is 4.16. The predicted molar refractivity (Wildman–Crippen MR) is 76.3 cm³/mol. The molecule has 0 saturated heterocycles. The Labute approximate surface area is 113 Å². The van der Waals surface area contributed by atoms with Gasteiger partial charge in [-0.15, -0.1) is 11.3 Å². The van der Waals surface area contributed by atoms with Gasteiger partial charge in [-0.25, -0.2) is 4.98 Å². The summed E-state index contributed by atoms with van der Waals surface area (Å²) in [7, 11) is 0. The molecule has 2 N–H and O–H groups in total. The molecule has 5 heteroatoms. The van der Waals surface area contributed by atoms with Crippen molar-refractivity contribution >= 4 is 33.2 Å². The first-order valence-corrected chi connectivity index (χ1v) is 6.69.